The second kappa shape index (κ2) is 7.29. The van der Waals surface area contributed by atoms with Crippen molar-refractivity contribution in [3.8, 4) is 0 Å². The van der Waals surface area contributed by atoms with Crippen molar-refractivity contribution in [1.29, 1.82) is 0 Å². The van der Waals surface area contributed by atoms with Crippen LogP contribution in [0.1, 0.15) is 19.8 Å². The molecule has 1 unspecified atom stereocenters. The van der Waals surface area contributed by atoms with Crippen LogP contribution >= 0.6 is 0 Å². The molecule has 8 heteroatoms. The van der Waals surface area contributed by atoms with Gasteiger partial charge in [-0.3, -0.25) is 4.79 Å². The van der Waals surface area contributed by atoms with E-state index in [9.17, 15) is 13.2 Å². The number of sulfonamides is 1. The Morgan fingerprint density at radius 2 is 1.74 bits per heavy atom. The Kier molecular flexibility index (Phi) is 5.61. The molecule has 0 bridgehead atoms. The Bertz CT molecular complexity index is 635. The van der Waals surface area contributed by atoms with Crippen LogP contribution in [0.5, 0.6) is 0 Å². The summed E-state index contributed by atoms with van der Waals surface area (Å²) in [6.07, 6.45) is 1.19. The predicted octanol–water partition coefficient (Wildman–Crippen LogP) is 0.110. The maximum Gasteiger partial charge on any atom is 0.238 e. The molecule has 0 aliphatic carbocycles. The Hall–Kier alpha value is -1.64. The molecule has 1 aromatic carbocycles. The molecular weight excluding hydrogens is 316 g/mol. The number of primary sulfonamides is 1. The van der Waals surface area contributed by atoms with Gasteiger partial charge in [-0.25, -0.2) is 13.6 Å². The molecule has 1 aliphatic rings. The van der Waals surface area contributed by atoms with Crippen molar-refractivity contribution in [2.75, 3.05) is 31.1 Å². The van der Waals surface area contributed by atoms with Gasteiger partial charge >= 0.3 is 0 Å². The van der Waals surface area contributed by atoms with Crippen LogP contribution in [0, 0.1) is 0 Å². The minimum atomic E-state index is -3.67. The van der Waals surface area contributed by atoms with Crippen molar-refractivity contribution in [3.63, 3.8) is 0 Å². The minimum Gasteiger partial charge on any atom is -0.368 e. The second-order valence-corrected chi connectivity index (χ2v) is 7.48. The standard InChI is InChI=1S/C15H24N4O3S/c1-12(16)2-7-15(20)19-10-8-18(9-11-19)13-3-5-14(6-4-13)23(17,21)22/h3-6,12H,2,7-11,16H2,1H3,(H2,17,21,22). The number of nitrogens with zero attached hydrogens (tertiary/aromatic N) is 2. The van der Waals surface area contributed by atoms with E-state index in [0.29, 0.717) is 25.9 Å². The SMILES string of the molecule is CC(N)CCC(=O)N1CCN(c2ccc(S(N)(=O)=O)cc2)CC1. The minimum absolute atomic E-state index is 0.0394. The first-order valence-electron chi connectivity index (χ1n) is 7.68. The van der Waals surface area contributed by atoms with E-state index in [4.69, 9.17) is 10.9 Å². The van der Waals surface area contributed by atoms with Gasteiger partial charge in [-0.1, -0.05) is 0 Å². The zero-order chi connectivity index (χ0) is 17.0. The summed E-state index contributed by atoms with van der Waals surface area (Å²) < 4.78 is 22.5. The first-order valence-corrected chi connectivity index (χ1v) is 9.23. The van der Waals surface area contributed by atoms with Gasteiger partial charge in [-0.05, 0) is 37.6 Å². The van der Waals surface area contributed by atoms with E-state index in [1.165, 1.54) is 12.1 Å². The van der Waals surface area contributed by atoms with E-state index in [1.54, 1.807) is 12.1 Å². The van der Waals surface area contributed by atoms with E-state index < -0.39 is 10.0 Å². The van der Waals surface area contributed by atoms with Crippen molar-refractivity contribution in [3.05, 3.63) is 24.3 Å². The normalized spacial score (nSPS) is 17.2. The monoisotopic (exact) mass is 340 g/mol. The molecule has 0 saturated carbocycles. The smallest absolute Gasteiger partial charge is 0.238 e. The first kappa shape index (κ1) is 17.7. The summed E-state index contributed by atoms with van der Waals surface area (Å²) in [5, 5.41) is 5.09. The predicted molar refractivity (Wildman–Crippen MR) is 89.5 cm³/mol. The molecule has 1 aromatic rings. The first-order chi connectivity index (χ1) is 10.8. The highest BCUT2D eigenvalue weighted by Crippen LogP contribution is 2.19. The van der Waals surface area contributed by atoms with Crippen LogP contribution in [0.2, 0.25) is 0 Å². The third-order valence-corrected chi connectivity index (χ3v) is 4.91. The molecule has 1 fully saturated rings. The number of amides is 1. The molecule has 1 aliphatic heterocycles. The van der Waals surface area contributed by atoms with Crippen LogP contribution in [0.3, 0.4) is 0 Å². The summed E-state index contributed by atoms with van der Waals surface area (Å²) in [5.74, 6) is 0.145. The average molecular weight is 340 g/mol. The van der Waals surface area contributed by atoms with Crippen LogP contribution in [0.15, 0.2) is 29.2 Å². The zero-order valence-electron chi connectivity index (χ0n) is 13.3. The number of piperazine rings is 1. The van der Waals surface area contributed by atoms with Gasteiger partial charge in [0.05, 0.1) is 4.90 Å². The summed E-state index contributed by atoms with van der Waals surface area (Å²) in [4.78, 5) is 16.2. The summed E-state index contributed by atoms with van der Waals surface area (Å²) in [6.45, 7) is 4.66. The number of hydrogen-bond donors (Lipinski definition) is 2. The third kappa shape index (κ3) is 4.92. The van der Waals surface area contributed by atoms with Crippen molar-refractivity contribution >= 4 is 21.6 Å². The van der Waals surface area contributed by atoms with Crippen molar-refractivity contribution in [2.24, 2.45) is 10.9 Å². The van der Waals surface area contributed by atoms with Crippen molar-refractivity contribution in [2.45, 2.75) is 30.7 Å². The van der Waals surface area contributed by atoms with Gasteiger partial charge in [0.2, 0.25) is 15.9 Å². The molecular formula is C15H24N4O3S. The van der Waals surface area contributed by atoms with Crippen LogP contribution in [0.4, 0.5) is 5.69 Å². The van der Waals surface area contributed by atoms with E-state index in [1.807, 2.05) is 11.8 Å². The number of anilines is 1. The zero-order valence-corrected chi connectivity index (χ0v) is 14.1. The lowest BCUT2D eigenvalue weighted by Gasteiger charge is -2.36. The van der Waals surface area contributed by atoms with Gasteiger partial charge in [0, 0.05) is 44.3 Å². The molecule has 0 radical (unpaired) electrons. The number of nitrogens with two attached hydrogens (primary N) is 2. The van der Waals surface area contributed by atoms with E-state index >= 15 is 0 Å². The van der Waals surface area contributed by atoms with Crippen LogP contribution in [-0.2, 0) is 14.8 Å². The number of carbonyl (C=O) groups excluding carboxylic acids is 1. The number of hydrogen-bond acceptors (Lipinski definition) is 5. The second-order valence-electron chi connectivity index (χ2n) is 5.92. The van der Waals surface area contributed by atoms with Gasteiger partial charge in [0.25, 0.3) is 0 Å². The Labute approximate surface area is 137 Å². The topological polar surface area (TPSA) is 110 Å². The molecule has 23 heavy (non-hydrogen) atoms. The van der Waals surface area contributed by atoms with Gasteiger partial charge in [0.1, 0.15) is 0 Å². The van der Waals surface area contributed by atoms with Crippen molar-refractivity contribution < 1.29 is 13.2 Å². The highest BCUT2D eigenvalue weighted by atomic mass is 32.2. The van der Waals surface area contributed by atoms with Gasteiger partial charge in [-0.2, -0.15) is 0 Å². The van der Waals surface area contributed by atoms with Gasteiger partial charge < -0.3 is 15.5 Å². The maximum absolute atomic E-state index is 12.1. The largest absolute Gasteiger partial charge is 0.368 e. The number of carbonyl (C=O) groups is 1. The van der Waals surface area contributed by atoms with Crippen molar-refractivity contribution in [1.82, 2.24) is 4.90 Å². The van der Waals surface area contributed by atoms with Crippen LogP contribution < -0.4 is 15.8 Å². The quantitative estimate of drug-likeness (QED) is 0.790. The molecule has 2 rings (SSSR count). The fourth-order valence-corrected chi connectivity index (χ4v) is 3.09. The fourth-order valence-electron chi connectivity index (χ4n) is 2.57. The molecule has 1 atom stereocenters. The van der Waals surface area contributed by atoms with Gasteiger partial charge in [-0.15, -0.1) is 0 Å². The third-order valence-electron chi connectivity index (χ3n) is 3.98. The van der Waals surface area contributed by atoms with Crippen LogP contribution in [-0.4, -0.2) is 51.4 Å². The summed E-state index contributed by atoms with van der Waals surface area (Å²) in [6, 6.07) is 6.54. The highest BCUT2D eigenvalue weighted by Gasteiger charge is 2.21. The Morgan fingerprint density at radius 3 is 2.22 bits per heavy atom. The number of rotatable bonds is 5. The maximum atomic E-state index is 12.1. The molecule has 128 valence electrons. The molecule has 0 aromatic heterocycles. The van der Waals surface area contributed by atoms with Crippen LogP contribution in [0.25, 0.3) is 0 Å². The Balaban J connectivity index is 1.90. The van der Waals surface area contributed by atoms with E-state index in [0.717, 1.165) is 18.8 Å². The lowest BCUT2D eigenvalue weighted by atomic mass is 10.1. The number of benzene rings is 1. The molecule has 7 nitrogen and oxygen atoms in total. The molecule has 1 saturated heterocycles. The lowest BCUT2D eigenvalue weighted by molar-refractivity contribution is -0.131. The lowest BCUT2D eigenvalue weighted by Crippen LogP contribution is -2.49. The fraction of sp³-hybridized carbons (Fsp3) is 0.533. The highest BCUT2D eigenvalue weighted by molar-refractivity contribution is 7.89. The summed E-state index contributed by atoms with van der Waals surface area (Å²) in [5.41, 5.74) is 6.61. The molecule has 1 amide bonds. The van der Waals surface area contributed by atoms with Gasteiger partial charge in [0.15, 0.2) is 0 Å². The van der Waals surface area contributed by atoms with E-state index in [-0.39, 0.29) is 16.8 Å². The molecule has 4 N–H and O–H groups in total. The Morgan fingerprint density at radius 1 is 1.17 bits per heavy atom. The average Bonchev–Trinajstić information content (AvgIpc) is 2.52. The van der Waals surface area contributed by atoms with E-state index in [2.05, 4.69) is 4.90 Å². The summed E-state index contributed by atoms with van der Waals surface area (Å²) >= 11 is 0. The molecule has 0 spiro atoms. The molecule has 1 heterocycles. The summed E-state index contributed by atoms with van der Waals surface area (Å²) in [7, 11) is -3.67.